The van der Waals surface area contributed by atoms with E-state index in [0.717, 1.165) is 43.2 Å². The number of carbonyl (C=O) groups is 1. The maximum absolute atomic E-state index is 12.6. The van der Waals surface area contributed by atoms with Gasteiger partial charge in [0, 0.05) is 5.56 Å². The standard InChI is InChI=1S/C16H20O3/c17-9-10-19-16(7-3-4-8-16)14-11-12-5-1-2-6-13(12)15(14)18/h1-2,5-6,14,17H,3-4,7-11H2. The van der Waals surface area contributed by atoms with Crippen LogP contribution in [0.3, 0.4) is 0 Å². The Morgan fingerprint density at radius 2 is 2.00 bits per heavy atom. The molecule has 0 saturated heterocycles. The van der Waals surface area contributed by atoms with Gasteiger partial charge in [0.05, 0.1) is 24.7 Å². The third-order valence-electron chi connectivity index (χ3n) is 4.59. The first-order valence-corrected chi connectivity index (χ1v) is 7.14. The molecule has 0 heterocycles. The first kappa shape index (κ1) is 12.8. The molecule has 3 nitrogen and oxygen atoms in total. The summed E-state index contributed by atoms with van der Waals surface area (Å²) in [7, 11) is 0. The average Bonchev–Trinajstić information content (AvgIpc) is 3.03. The number of aliphatic hydroxyl groups excluding tert-OH is 1. The van der Waals surface area contributed by atoms with E-state index in [-0.39, 0.29) is 23.9 Å². The second-order valence-electron chi connectivity index (χ2n) is 5.62. The molecule has 0 aliphatic heterocycles. The molecule has 1 N–H and O–H groups in total. The van der Waals surface area contributed by atoms with Crippen molar-refractivity contribution in [3.8, 4) is 0 Å². The van der Waals surface area contributed by atoms with Gasteiger partial charge in [-0.15, -0.1) is 0 Å². The molecule has 2 aliphatic carbocycles. The Morgan fingerprint density at radius 1 is 1.26 bits per heavy atom. The first-order valence-electron chi connectivity index (χ1n) is 7.14. The molecule has 3 heteroatoms. The Bertz CT molecular complexity index is 475. The van der Waals surface area contributed by atoms with Crippen LogP contribution in [0.1, 0.15) is 41.6 Å². The number of aliphatic hydroxyl groups is 1. The lowest BCUT2D eigenvalue weighted by molar-refractivity contribution is -0.0807. The van der Waals surface area contributed by atoms with Crippen LogP contribution in [0.5, 0.6) is 0 Å². The van der Waals surface area contributed by atoms with Gasteiger partial charge in [-0.25, -0.2) is 0 Å². The van der Waals surface area contributed by atoms with Crippen LogP contribution in [0, 0.1) is 5.92 Å². The normalized spacial score (nSPS) is 24.7. The molecule has 2 aliphatic rings. The Morgan fingerprint density at radius 3 is 2.68 bits per heavy atom. The molecule has 0 spiro atoms. The van der Waals surface area contributed by atoms with Gasteiger partial charge in [-0.3, -0.25) is 4.79 Å². The topological polar surface area (TPSA) is 46.5 Å². The Kier molecular flexibility index (Phi) is 3.42. The molecule has 102 valence electrons. The van der Waals surface area contributed by atoms with E-state index in [2.05, 4.69) is 0 Å². The zero-order chi connectivity index (χ0) is 13.3. The molecule has 1 saturated carbocycles. The highest BCUT2D eigenvalue weighted by atomic mass is 16.5. The molecule has 19 heavy (non-hydrogen) atoms. The zero-order valence-corrected chi connectivity index (χ0v) is 11.1. The lowest BCUT2D eigenvalue weighted by Crippen LogP contribution is -2.42. The van der Waals surface area contributed by atoms with Gasteiger partial charge in [0.15, 0.2) is 5.78 Å². The van der Waals surface area contributed by atoms with Crippen LogP contribution in [0.4, 0.5) is 0 Å². The van der Waals surface area contributed by atoms with Gasteiger partial charge in [-0.1, -0.05) is 37.1 Å². The van der Waals surface area contributed by atoms with Gasteiger partial charge in [0.1, 0.15) is 0 Å². The number of carbonyl (C=O) groups excluding carboxylic acids is 1. The lowest BCUT2D eigenvalue weighted by atomic mass is 9.82. The van der Waals surface area contributed by atoms with Crippen LogP contribution >= 0.6 is 0 Å². The molecule has 0 bridgehead atoms. The zero-order valence-electron chi connectivity index (χ0n) is 11.1. The van der Waals surface area contributed by atoms with Crippen LogP contribution in [0.2, 0.25) is 0 Å². The molecule has 3 rings (SSSR count). The molecule has 1 aromatic rings. The molecule has 1 aromatic carbocycles. The van der Waals surface area contributed by atoms with Crippen LogP contribution in [-0.2, 0) is 11.2 Å². The van der Waals surface area contributed by atoms with E-state index >= 15 is 0 Å². The fourth-order valence-corrected chi connectivity index (χ4v) is 3.68. The van der Waals surface area contributed by atoms with Gasteiger partial charge < -0.3 is 9.84 Å². The van der Waals surface area contributed by atoms with Crippen LogP contribution < -0.4 is 0 Å². The summed E-state index contributed by atoms with van der Waals surface area (Å²) in [6.45, 7) is 0.357. The highest BCUT2D eigenvalue weighted by molar-refractivity contribution is 6.03. The maximum Gasteiger partial charge on any atom is 0.169 e. The van der Waals surface area contributed by atoms with Crippen LogP contribution in [0.25, 0.3) is 0 Å². The van der Waals surface area contributed by atoms with Crippen molar-refractivity contribution in [1.29, 1.82) is 0 Å². The number of ether oxygens (including phenoxy) is 1. The third kappa shape index (κ3) is 2.11. The smallest absolute Gasteiger partial charge is 0.169 e. The van der Waals surface area contributed by atoms with E-state index in [0.29, 0.717) is 6.61 Å². The van der Waals surface area contributed by atoms with Crippen molar-refractivity contribution in [2.75, 3.05) is 13.2 Å². The monoisotopic (exact) mass is 260 g/mol. The van der Waals surface area contributed by atoms with E-state index in [1.165, 1.54) is 0 Å². The van der Waals surface area contributed by atoms with Crippen LogP contribution in [0.15, 0.2) is 24.3 Å². The number of benzene rings is 1. The van der Waals surface area contributed by atoms with Crippen molar-refractivity contribution in [3.05, 3.63) is 35.4 Å². The number of hydrogen-bond acceptors (Lipinski definition) is 3. The Labute approximate surface area is 113 Å². The van der Waals surface area contributed by atoms with Gasteiger partial charge in [-0.2, -0.15) is 0 Å². The summed E-state index contributed by atoms with van der Waals surface area (Å²) in [6.07, 6.45) is 4.91. The minimum absolute atomic E-state index is 0.0234. The Balaban J connectivity index is 1.88. The summed E-state index contributed by atoms with van der Waals surface area (Å²) in [5, 5.41) is 9.01. The van der Waals surface area contributed by atoms with Crippen molar-refractivity contribution in [3.63, 3.8) is 0 Å². The van der Waals surface area contributed by atoms with E-state index < -0.39 is 0 Å². The average molecular weight is 260 g/mol. The maximum atomic E-state index is 12.6. The molecule has 1 fully saturated rings. The molecule has 1 atom stereocenters. The minimum Gasteiger partial charge on any atom is -0.394 e. The molecular formula is C16H20O3. The van der Waals surface area contributed by atoms with Crippen LogP contribution in [-0.4, -0.2) is 29.7 Å². The quantitative estimate of drug-likeness (QED) is 0.904. The van der Waals surface area contributed by atoms with Gasteiger partial charge in [0.2, 0.25) is 0 Å². The second-order valence-corrected chi connectivity index (χ2v) is 5.62. The predicted molar refractivity (Wildman–Crippen MR) is 72.2 cm³/mol. The van der Waals surface area contributed by atoms with Gasteiger partial charge >= 0.3 is 0 Å². The molecule has 0 radical (unpaired) electrons. The summed E-state index contributed by atoms with van der Waals surface area (Å²) in [5.41, 5.74) is 1.68. The Hall–Kier alpha value is -1.19. The summed E-state index contributed by atoms with van der Waals surface area (Å²) >= 11 is 0. The molecule has 0 aromatic heterocycles. The van der Waals surface area contributed by atoms with Crippen molar-refractivity contribution in [2.45, 2.75) is 37.7 Å². The largest absolute Gasteiger partial charge is 0.394 e. The molecular weight excluding hydrogens is 240 g/mol. The summed E-state index contributed by atoms with van der Waals surface area (Å²) in [4.78, 5) is 12.6. The highest BCUT2D eigenvalue weighted by Gasteiger charge is 2.49. The SMILES string of the molecule is O=C1c2ccccc2CC1C1(OCCO)CCCC1. The van der Waals surface area contributed by atoms with E-state index in [1.807, 2.05) is 24.3 Å². The van der Waals surface area contributed by atoms with E-state index in [1.54, 1.807) is 0 Å². The van der Waals surface area contributed by atoms with Crippen molar-refractivity contribution in [2.24, 2.45) is 5.92 Å². The van der Waals surface area contributed by atoms with Crippen molar-refractivity contribution >= 4 is 5.78 Å². The van der Waals surface area contributed by atoms with Gasteiger partial charge in [-0.05, 0) is 24.8 Å². The molecule has 1 unspecified atom stereocenters. The number of fused-ring (bicyclic) bond motifs is 1. The second kappa shape index (κ2) is 5.06. The molecule has 0 amide bonds. The third-order valence-corrected chi connectivity index (χ3v) is 4.59. The minimum atomic E-state index is -0.334. The van der Waals surface area contributed by atoms with Crippen molar-refractivity contribution in [1.82, 2.24) is 0 Å². The fraction of sp³-hybridized carbons (Fsp3) is 0.562. The summed E-state index contributed by atoms with van der Waals surface area (Å²) in [5.74, 6) is 0.175. The predicted octanol–water partition coefficient (Wildman–Crippen LogP) is 2.36. The summed E-state index contributed by atoms with van der Waals surface area (Å²) < 4.78 is 5.95. The number of ketones is 1. The lowest BCUT2D eigenvalue weighted by Gasteiger charge is -2.34. The van der Waals surface area contributed by atoms with Gasteiger partial charge in [0.25, 0.3) is 0 Å². The highest BCUT2D eigenvalue weighted by Crippen LogP contribution is 2.45. The fourth-order valence-electron chi connectivity index (χ4n) is 3.68. The van der Waals surface area contributed by atoms with E-state index in [4.69, 9.17) is 9.84 Å². The van der Waals surface area contributed by atoms with E-state index in [9.17, 15) is 4.79 Å². The first-order chi connectivity index (χ1) is 9.27. The number of hydrogen-bond donors (Lipinski definition) is 1. The number of Topliss-reactive ketones (excluding diaryl/α,β-unsaturated/α-hetero) is 1. The summed E-state index contributed by atoms with van der Waals surface area (Å²) in [6, 6.07) is 7.88. The van der Waals surface area contributed by atoms with Crippen molar-refractivity contribution < 1.29 is 14.6 Å². The number of rotatable bonds is 4.